The van der Waals surface area contributed by atoms with Gasteiger partial charge in [-0.05, 0) is 44.7 Å². The zero-order valence-electron chi connectivity index (χ0n) is 11.2. The summed E-state index contributed by atoms with van der Waals surface area (Å²) in [5.41, 5.74) is 2.67. The minimum Gasteiger partial charge on any atom is -0.294 e. The number of rotatable bonds is 4. The molecule has 0 spiro atoms. The van der Waals surface area contributed by atoms with E-state index in [-0.39, 0.29) is 5.91 Å². The average molecular weight is 251 g/mol. The van der Waals surface area contributed by atoms with Gasteiger partial charge in [0.1, 0.15) is 0 Å². The van der Waals surface area contributed by atoms with Gasteiger partial charge >= 0.3 is 0 Å². The fourth-order valence-electron chi connectivity index (χ4n) is 2.85. The molecular weight excluding hydrogens is 226 g/mol. The molecule has 1 saturated heterocycles. The quantitative estimate of drug-likeness (QED) is 0.614. The molecule has 1 aliphatic carbocycles. The van der Waals surface area contributed by atoms with Gasteiger partial charge in [-0.1, -0.05) is 25.7 Å². The molecule has 0 radical (unpaired) electrons. The van der Waals surface area contributed by atoms with Gasteiger partial charge in [0.15, 0.2) is 0 Å². The molecule has 4 heteroatoms. The Kier molecular flexibility index (Phi) is 5.65. The van der Waals surface area contributed by atoms with E-state index in [0.717, 1.165) is 13.1 Å². The van der Waals surface area contributed by atoms with Crippen molar-refractivity contribution in [3.05, 3.63) is 0 Å². The van der Waals surface area contributed by atoms with Crippen molar-refractivity contribution < 1.29 is 4.79 Å². The monoisotopic (exact) mass is 251 g/mol. The SMILES string of the molecule is O=C(CN1CCCCC1)N/N=C/C1CCCCC1. The Morgan fingerprint density at radius 3 is 2.50 bits per heavy atom. The molecule has 0 aromatic carbocycles. The van der Waals surface area contributed by atoms with Gasteiger partial charge < -0.3 is 0 Å². The highest BCUT2D eigenvalue weighted by Crippen LogP contribution is 2.21. The van der Waals surface area contributed by atoms with Crippen molar-refractivity contribution in [1.29, 1.82) is 0 Å². The number of piperidine rings is 1. The van der Waals surface area contributed by atoms with Gasteiger partial charge in [0.2, 0.25) is 0 Å². The molecule has 0 bridgehead atoms. The van der Waals surface area contributed by atoms with Crippen molar-refractivity contribution in [1.82, 2.24) is 10.3 Å². The van der Waals surface area contributed by atoms with E-state index in [1.54, 1.807) is 0 Å². The van der Waals surface area contributed by atoms with Crippen LogP contribution in [0.15, 0.2) is 5.10 Å². The normalized spacial score (nSPS) is 23.3. The van der Waals surface area contributed by atoms with Crippen LogP contribution in [0.5, 0.6) is 0 Å². The summed E-state index contributed by atoms with van der Waals surface area (Å²) in [6.07, 6.45) is 12.1. The van der Waals surface area contributed by atoms with Gasteiger partial charge in [-0.3, -0.25) is 9.69 Å². The molecule has 4 nitrogen and oxygen atoms in total. The highest BCUT2D eigenvalue weighted by molar-refractivity contribution is 5.78. The Labute approximate surface area is 110 Å². The second-order valence-electron chi connectivity index (χ2n) is 5.55. The zero-order valence-corrected chi connectivity index (χ0v) is 11.2. The van der Waals surface area contributed by atoms with E-state index in [9.17, 15) is 4.79 Å². The van der Waals surface area contributed by atoms with Crippen LogP contribution in [-0.4, -0.2) is 36.7 Å². The molecular formula is C14H25N3O. The van der Waals surface area contributed by atoms with E-state index in [2.05, 4.69) is 15.4 Å². The number of hydrazone groups is 1. The van der Waals surface area contributed by atoms with Crippen LogP contribution in [0.4, 0.5) is 0 Å². The molecule has 0 atom stereocenters. The molecule has 0 aromatic rings. The molecule has 0 unspecified atom stereocenters. The molecule has 2 rings (SSSR count). The van der Waals surface area contributed by atoms with E-state index in [0.29, 0.717) is 12.5 Å². The highest BCUT2D eigenvalue weighted by Gasteiger charge is 2.14. The summed E-state index contributed by atoms with van der Waals surface area (Å²) < 4.78 is 0. The van der Waals surface area contributed by atoms with E-state index < -0.39 is 0 Å². The average Bonchev–Trinajstić information content (AvgIpc) is 2.41. The number of carbonyl (C=O) groups excluding carboxylic acids is 1. The summed E-state index contributed by atoms with van der Waals surface area (Å²) in [6, 6.07) is 0. The molecule has 1 amide bonds. The van der Waals surface area contributed by atoms with Gasteiger partial charge in [0.25, 0.3) is 5.91 Å². The number of likely N-dealkylation sites (tertiary alicyclic amines) is 1. The van der Waals surface area contributed by atoms with Gasteiger partial charge in [-0.25, -0.2) is 5.43 Å². The first-order chi connectivity index (χ1) is 8.84. The molecule has 1 aliphatic heterocycles. The Bertz CT molecular complexity index is 279. The van der Waals surface area contributed by atoms with Crippen molar-refractivity contribution in [3.8, 4) is 0 Å². The molecule has 102 valence electrons. The summed E-state index contributed by atoms with van der Waals surface area (Å²) in [6.45, 7) is 2.61. The number of hydrogen-bond acceptors (Lipinski definition) is 3. The summed E-state index contributed by atoms with van der Waals surface area (Å²) in [4.78, 5) is 13.9. The summed E-state index contributed by atoms with van der Waals surface area (Å²) in [5.74, 6) is 0.609. The largest absolute Gasteiger partial charge is 0.294 e. The number of amides is 1. The lowest BCUT2D eigenvalue weighted by atomic mass is 9.90. The van der Waals surface area contributed by atoms with Crippen molar-refractivity contribution >= 4 is 12.1 Å². The summed E-state index contributed by atoms with van der Waals surface area (Å²) >= 11 is 0. The lowest BCUT2D eigenvalue weighted by Gasteiger charge is -2.25. The van der Waals surface area contributed by atoms with Crippen molar-refractivity contribution in [2.75, 3.05) is 19.6 Å². The lowest BCUT2D eigenvalue weighted by Crippen LogP contribution is -2.38. The highest BCUT2D eigenvalue weighted by atomic mass is 16.2. The van der Waals surface area contributed by atoms with Crippen LogP contribution in [0.25, 0.3) is 0 Å². The van der Waals surface area contributed by atoms with Crippen LogP contribution >= 0.6 is 0 Å². The van der Waals surface area contributed by atoms with Crippen molar-refractivity contribution in [2.45, 2.75) is 51.4 Å². The van der Waals surface area contributed by atoms with Crippen LogP contribution in [0.2, 0.25) is 0 Å². The topological polar surface area (TPSA) is 44.7 Å². The molecule has 1 saturated carbocycles. The van der Waals surface area contributed by atoms with Crippen molar-refractivity contribution in [3.63, 3.8) is 0 Å². The van der Waals surface area contributed by atoms with Gasteiger partial charge in [0.05, 0.1) is 6.54 Å². The van der Waals surface area contributed by atoms with Gasteiger partial charge in [-0.2, -0.15) is 5.10 Å². The van der Waals surface area contributed by atoms with Crippen LogP contribution < -0.4 is 5.43 Å². The number of hydrogen-bond donors (Lipinski definition) is 1. The number of nitrogens with one attached hydrogen (secondary N) is 1. The van der Waals surface area contributed by atoms with E-state index in [1.165, 1.54) is 51.4 Å². The zero-order chi connectivity index (χ0) is 12.6. The Hall–Kier alpha value is -0.900. The van der Waals surface area contributed by atoms with Gasteiger partial charge in [-0.15, -0.1) is 0 Å². The fourth-order valence-corrected chi connectivity index (χ4v) is 2.85. The Balaban J connectivity index is 1.62. The maximum atomic E-state index is 11.7. The van der Waals surface area contributed by atoms with E-state index >= 15 is 0 Å². The standard InChI is InChI=1S/C14H25N3O/c18-14(12-17-9-5-2-6-10-17)16-15-11-13-7-3-1-4-8-13/h11,13H,1-10,12H2,(H,16,18)/b15-11+. The third-order valence-corrected chi connectivity index (χ3v) is 3.94. The predicted octanol–water partition coefficient (Wildman–Crippen LogP) is 2.15. The van der Waals surface area contributed by atoms with Crippen molar-refractivity contribution in [2.24, 2.45) is 11.0 Å². The molecule has 0 aromatic heterocycles. The third kappa shape index (κ3) is 4.77. The minimum absolute atomic E-state index is 0.0314. The van der Waals surface area contributed by atoms with Crippen LogP contribution in [-0.2, 0) is 4.79 Å². The maximum Gasteiger partial charge on any atom is 0.254 e. The second kappa shape index (κ2) is 7.52. The smallest absolute Gasteiger partial charge is 0.254 e. The summed E-state index contributed by atoms with van der Waals surface area (Å²) in [5, 5.41) is 4.11. The minimum atomic E-state index is 0.0314. The maximum absolute atomic E-state index is 11.7. The Morgan fingerprint density at radius 2 is 1.78 bits per heavy atom. The summed E-state index contributed by atoms with van der Waals surface area (Å²) in [7, 11) is 0. The molecule has 2 aliphatic rings. The number of carbonyl (C=O) groups is 1. The molecule has 1 heterocycles. The second-order valence-corrected chi connectivity index (χ2v) is 5.55. The molecule has 1 N–H and O–H groups in total. The number of nitrogens with zero attached hydrogens (tertiary/aromatic N) is 2. The third-order valence-electron chi connectivity index (χ3n) is 3.94. The van der Waals surface area contributed by atoms with Crippen LogP contribution in [0.1, 0.15) is 51.4 Å². The van der Waals surface area contributed by atoms with Crippen LogP contribution in [0, 0.1) is 5.92 Å². The Morgan fingerprint density at radius 1 is 1.11 bits per heavy atom. The lowest BCUT2D eigenvalue weighted by molar-refractivity contribution is -0.122. The first kappa shape index (κ1) is 13.5. The fraction of sp³-hybridized carbons (Fsp3) is 0.857. The first-order valence-corrected chi connectivity index (χ1v) is 7.39. The van der Waals surface area contributed by atoms with Gasteiger partial charge in [0, 0.05) is 6.21 Å². The van der Waals surface area contributed by atoms with E-state index in [1.807, 2.05) is 6.21 Å². The molecule has 18 heavy (non-hydrogen) atoms. The van der Waals surface area contributed by atoms with Crippen LogP contribution in [0.3, 0.4) is 0 Å². The first-order valence-electron chi connectivity index (χ1n) is 7.39. The molecule has 2 fully saturated rings. The predicted molar refractivity (Wildman–Crippen MR) is 73.5 cm³/mol. The van der Waals surface area contributed by atoms with E-state index in [4.69, 9.17) is 0 Å².